The molecule has 1 saturated heterocycles. The lowest BCUT2D eigenvalue weighted by Gasteiger charge is -2.35. The summed E-state index contributed by atoms with van der Waals surface area (Å²) in [6, 6.07) is 4.28. The Bertz CT molecular complexity index is 373. The van der Waals surface area contributed by atoms with Crippen molar-refractivity contribution in [2.24, 2.45) is 5.92 Å². The van der Waals surface area contributed by atoms with E-state index in [2.05, 4.69) is 35.9 Å². The molecular formula is C15H24N2O. The van der Waals surface area contributed by atoms with Crippen molar-refractivity contribution in [3.05, 3.63) is 24.0 Å². The van der Waals surface area contributed by atoms with E-state index in [0.29, 0.717) is 11.8 Å². The highest BCUT2D eigenvalue weighted by Crippen LogP contribution is 2.25. The number of piperidine rings is 1. The third kappa shape index (κ3) is 3.02. The summed E-state index contributed by atoms with van der Waals surface area (Å²) in [5.41, 5.74) is 2.33. The Hall–Kier alpha value is -1.09. The molecule has 0 bridgehead atoms. The topological polar surface area (TPSA) is 36.4 Å². The van der Waals surface area contributed by atoms with E-state index >= 15 is 0 Å². The number of aromatic nitrogens is 1. The van der Waals surface area contributed by atoms with Crippen molar-refractivity contribution < 1.29 is 5.11 Å². The Kier molecular flexibility index (Phi) is 4.23. The summed E-state index contributed by atoms with van der Waals surface area (Å²) in [5, 5.41) is 9.72. The summed E-state index contributed by atoms with van der Waals surface area (Å²) in [4.78, 5) is 6.86. The molecule has 1 aliphatic heterocycles. The Balaban J connectivity index is 2.06. The van der Waals surface area contributed by atoms with E-state index in [-0.39, 0.29) is 6.10 Å². The van der Waals surface area contributed by atoms with Crippen LogP contribution in [-0.2, 0) is 0 Å². The molecule has 0 amide bonds. The smallest absolute Gasteiger partial charge is 0.0557 e. The Labute approximate surface area is 110 Å². The van der Waals surface area contributed by atoms with E-state index in [1.54, 1.807) is 0 Å². The van der Waals surface area contributed by atoms with Crippen LogP contribution < -0.4 is 4.90 Å². The first-order valence-corrected chi connectivity index (χ1v) is 6.97. The third-order valence-electron chi connectivity index (χ3n) is 3.87. The van der Waals surface area contributed by atoms with Gasteiger partial charge in [0.25, 0.3) is 0 Å². The van der Waals surface area contributed by atoms with Gasteiger partial charge in [-0.05, 0) is 37.8 Å². The number of hydrogen-bond acceptors (Lipinski definition) is 3. The molecule has 0 radical (unpaired) electrons. The lowest BCUT2D eigenvalue weighted by atomic mass is 9.93. The minimum absolute atomic E-state index is 0.212. The summed E-state index contributed by atoms with van der Waals surface area (Å²) in [6.45, 7) is 8.24. The molecule has 1 aromatic rings. The predicted octanol–water partition coefficient (Wildman–Crippen LogP) is 2.80. The molecule has 1 aliphatic rings. The van der Waals surface area contributed by atoms with E-state index < -0.39 is 0 Å². The molecule has 1 N–H and O–H groups in total. The summed E-state index contributed by atoms with van der Waals surface area (Å²) in [7, 11) is 0. The maximum absolute atomic E-state index is 9.72. The molecule has 0 aromatic carbocycles. The number of pyridine rings is 1. The van der Waals surface area contributed by atoms with Crippen LogP contribution in [0.2, 0.25) is 0 Å². The van der Waals surface area contributed by atoms with E-state index in [9.17, 15) is 5.11 Å². The quantitative estimate of drug-likeness (QED) is 0.893. The Morgan fingerprint density at radius 1 is 1.33 bits per heavy atom. The van der Waals surface area contributed by atoms with Gasteiger partial charge in [0.2, 0.25) is 0 Å². The number of aliphatic hydroxyl groups excluding tert-OH is 1. The van der Waals surface area contributed by atoms with Crippen molar-refractivity contribution in [3.8, 4) is 0 Å². The van der Waals surface area contributed by atoms with Gasteiger partial charge in [0, 0.05) is 24.7 Å². The monoisotopic (exact) mass is 248 g/mol. The number of nitrogens with zero attached hydrogens (tertiary/aromatic N) is 2. The van der Waals surface area contributed by atoms with Gasteiger partial charge in [0.1, 0.15) is 0 Å². The zero-order valence-electron chi connectivity index (χ0n) is 11.6. The Morgan fingerprint density at radius 3 is 2.67 bits per heavy atom. The van der Waals surface area contributed by atoms with Gasteiger partial charge in [0.15, 0.2) is 0 Å². The second kappa shape index (κ2) is 5.70. The highest BCUT2D eigenvalue weighted by Gasteiger charge is 2.23. The molecule has 2 unspecified atom stereocenters. The molecule has 0 aliphatic carbocycles. The van der Waals surface area contributed by atoms with Crippen LogP contribution in [0.5, 0.6) is 0 Å². The predicted molar refractivity (Wildman–Crippen MR) is 74.9 cm³/mol. The largest absolute Gasteiger partial charge is 0.393 e. The van der Waals surface area contributed by atoms with Crippen molar-refractivity contribution in [1.82, 2.24) is 4.98 Å². The molecule has 1 aromatic heterocycles. The van der Waals surface area contributed by atoms with Crippen LogP contribution in [0.3, 0.4) is 0 Å². The molecule has 2 atom stereocenters. The van der Waals surface area contributed by atoms with Crippen LogP contribution in [0.1, 0.15) is 45.2 Å². The fraction of sp³-hybridized carbons (Fsp3) is 0.667. The minimum Gasteiger partial charge on any atom is -0.393 e. The number of hydrogen-bond donors (Lipinski definition) is 1. The van der Waals surface area contributed by atoms with Crippen LogP contribution in [-0.4, -0.2) is 29.3 Å². The summed E-state index contributed by atoms with van der Waals surface area (Å²) in [6.07, 6.45) is 4.04. The number of rotatable bonds is 3. The summed E-state index contributed by atoms with van der Waals surface area (Å²) < 4.78 is 0. The molecule has 0 spiro atoms. The van der Waals surface area contributed by atoms with Gasteiger partial charge in [-0.15, -0.1) is 0 Å². The first kappa shape index (κ1) is 13.3. The molecule has 100 valence electrons. The molecule has 1 fully saturated rings. The molecule has 3 heteroatoms. The summed E-state index contributed by atoms with van der Waals surface area (Å²) >= 11 is 0. The standard InChI is InChI=1S/C15H24N2O/c1-11(2)15-7-6-14(9-16-15)17-8-4-5-13(10-17)12(3)18/h6-7,9,11-13,18H,4-5,8,10H2,1-3H3. The zero-order chi connectivity index (χ0) is 13.1. The minimum atomic E-state index is -0.212. The average Bonchev–Trinajstić information content (AvgIpc) is 2.39. The lowest BCUT2D eigenvalue weighted by Crippen LogP contribution is -2.39. The van der Waals surface area contributed by atoms with Gasteiger partial charge in [-0.1, -0.05) is 13.8 Å². The molecule has 2 heterocycles. The van der Waals surface area contributed by atoms with Crippen LogP contribution in [0, 0.1) is 5.92 Å². The Morgan fingerprint density at radius 2 is 2.11 bits per heavy atom. The van der Waals surface area contributed by atoms with Gasteiger partial charge in [0.05, 0.1) is 18.0 Å². The zero-order valence-corrected chi connectivity index (χ0v) is 11.6. The van der Waals surface area contributed by atoms with E-state index in [1.807, 2.05) is 13.1 Å². The van der Waals surface area contributed by atoms with Crippen LogP contribution in [0.25, 0.3) is 0 Å². The van der Waals surface area contributed by atoms with Crippen LogP contribution >= 0.6 is 0 Å². The SMILES string of the molecule is CC(C)c1ccc(N2CCCC(C(C)O)C2)cn1. The van der Waals surface area contributed by atoms with Gasteiger partial charge in [-0.25, -0.2) is 0 Å². The van der Waals surface area contributed by atoms with Gasteiger partial charge in [-0.3, -0.25) is 4.98 Å². The average molecular weight is 248 g/mol. The molecule has 0 saturated carbocycles. The van der Waals surface area contributed by atoms with E-state index in [1.165, 1.54) is 5.69 Å². The molecule has 2 rings (SSSR count). The van der Waals surface area contributed by atoms with Gasteiger partial charge in [-0.2, -0.15) is 0 Å². The van der Waals surface area contributed by atoms with Crippen molar-refractivity contribution in [1.29, 1.82) is 0 Å². The highest BCUT2D eigenvalue weighted by atomic mass is 16.3. The van der Waals surface area contributed by atoms with E-state index in [0.717, 1.165) is 31.6 Å². The van der Waals surface area contributed by atoms with Crippen molar-refractivity contribution in [2.75, 3.05) is 18.0 Å². The maximum atomic E-state index is 9.72. The first-order chi connectivity index (χ1) is 8.58. The maximum Gasteiger partial charge on any atom is 0.0557 e. The number of aliphatic hydroxyl groups is 1. The summed E-state index contributed by atoms with van der Waals surface area (Å²) in [5.74, 6) is 0.870. The second-order valence-corrected chi connectivity index (χ2v) is 5.68. The normalized spacial score (nSPS) is 22.3. The third-order valence-corrected chi connectivity index (χ3v) is 3.87. The van der Waals surface area contributed by atoms with Crippen LogP contribution in [0.4, 0.5) is 5.69 Å². The number of anilines is 1. The fourth-order valence-electron chi connectivity index (χ4n) is 2.56. The van der Waals surface area contributed by atoms with Gasteiger partial charge < -0.3 is 10.0 Å². The lowest BCUT2D eigenvalue weighted by molar-refractivity contribution is 0.115. The second-order valence-electron chi connectivity index (χ2n) is 5.68. The highest BCUT2D eigenvalue weighted by molar-refractivity contribution is 5.45. The van der Waals surface area contributed by atoms with Crippen molar-refractivity contribution in [2.45, 2.75) is 45.6 Å². The van der Waals surface area contributed by atoms with Crippen molar-refractivity contribution >= 4 is 5.69 Å². The molecule has 18 heavy (non-hydrogen) atoms. The fourth-order valence-corrected chi connectivity index (χ4v) is 2.56. The van der Waals surface area contributed by atoms with Gasteiger partial charge >= 0.3 is 0 Å². The van der Waals surface area contributed by atoms with E-state index in [4.69, 9.17) is 0 Å². The molecular weight excluding hydrogens is 224 g/mol. The van der Waals surface area contributed by atoms with Crippen LogP contribution in [0.15, 0.2) is 18.3 Å². The molecule has 3 nitrogen and oxygen atoms in total. The first-order valence-electron chi connectivity index (χ1n) is 6.97. The van der Waals surface area contributed by atoms with Crippen molar-refractivity contribution in [3.63, 3.8) is 0 Å².